The van der Waals surface area contributed by atoms with Gasteiger partial charge in [-0.15, -0.1) is 0 Å². The second-order valence-electron chi connectivity index (χ2n) is 4.91. The maximum Gasteiger partial charge on any atom is 0.308 e. The number of hydrogen-bond acceptors (Lipinski definition) is 2. The Hall–Kier alpha value is -0.570. The van der Waals surface area contributed by atoms with E-state index in [-0.39, 0.29) is 12.0 Å². The van der Waals surface area contributed by atoms with Crippen LogP contribution in [0.4, 0.5) is 0 Å². The Morgan fingerprint density at radius 2 is 1.77 bits per heavy atom. The van der Waals surface area contributed by atoms with E-state index in [1.54, 1.807) is 0 Å². The fraction of sp³-hybridized carbons (Fsp3) is 0.900. The molecule has 13 heavy (non-hydrogen) atoms. The monoisotopic (exact) mass is 181 g/mol. The van der Waals surface area contributed by atoms with Crippen molar-refractivity contribution in [3.05, 3.63) is 0 Å². The largest absolute Gasteiger partial charge is 0.481 e. The van der Waals surface area contributed by atoms with E-state index in [0.29, 0.717) is 11.8 Å². The van der Waals surface area contributed by atoms with Crippen LogP contribution in [-0.4, -0.2) is 17.1 Å². The van der Waals surface area contributed by atoms with Gasteiger partial charge in [0.05, 0.1) is 5.92 Å². The van der Waals surface area contributed by atoms with Crippen molar-refractivity contribution in [3.8, 4) is 0 Å². The number of rotatable bonds is 1. The first-order chi connectivity index (χ1) is 6.20. The molecule has 0 aromatic heterocycles. The highest BCUT2D eigenvalue weighted by Gasteiger charge is 2.62. The molecule has 0 spiro atoms. The van der Waals surface area contributed by atoms with Crippen molar-refractivity contribution in [2.24, 2.45) is 35.3 Å². The summed E-state index contributed by atoms with van der Waals surface area (Å²) in [6.45, 7) is 0. The van der Waals surface area contributed by atoms with E-state index in [1.165, 1.54) is 12.8 Å². The molecule has 0 heterocycles. The predicted molar refractivity (Wildman–Crippen MR) is 46.9 cm³/mol. The third-order valence-corrected chi connectivity index (χ3v) is 4.48. The molecule has 3 N–H and O–H groups in total. The van der Waals surface area contributed by atoms with Crippen LogP contribution in [0.5, 0.6) is 0 Å². The molecule has 0 radical (unpaired) electrons. The first kappa shape index (κ1) is 7.80. The van der Waals surface area contributed by atoms with E-state index in [0.717, 1.165) is 18.3 Å². The lowest BCUT2D eigenvalue weighted by atomic mass is 9.62. The Morgan fingerprint density at radius 3 is 2.46 bits per heavy atom. The molecule has 0 aromatic carbocycles. The van der Waals surface area contributed by atoms with Gasteiger partial charge < -0.3 is 10.8 Å². The number of carbonyl (C=O) groups is 1. The summed E-state index contributed by atoms with van der Waals surface area (Å²) in [6, 6.07) is -0.0556. The second kappa shape index (κ2) is 2.27. The first-order valence-corrected chi connectivity index (χ1v) is 5.18. The van der Waals surface area contributed by atoms with Crippen molar-refractivity contribution >= 4 is 5.97 Å². The summed E-state index contributed by atoms with van der Waals surface area (Å²) in [4.78, 5) is 11.0. The highest BCUT2D eigenvalue weighted by molar-refractivity contribution is 5.72. The van der Waals surface area contributed by atoms with Gasteiger partial charge in [0.1, 0.15) is 0 Å². The van der Waals surface area contributed by atoms with Gasteiger partial charge in [0, 0.05) is 6.04 Å². The van der Waals surface area contributed by atoms with Gasteiger partial charge >= 0.3 is 5.97 Å². The Bertz CT molecular complexity index is 266. The third kappa shape index (κ3) is 0.857. The van der Waals surface area contributed by atoms with Gasteiger partial charge in [0.2, 0.25) is 0 Å². The zero-order valence-corrected chi connectivity index (χ0v) is 7.52. The van der Waals surface area contributed by atoms with Crippen LogP contribution in [0.2, 0.25) is 0 Å². The lowest BCUT2D eigenvalue weighted by Gasteiger charge is -2.44. The first-order valence-electron chi connectivity index (χ1n) is 5.18. The SMILES string of the molecule is N[C@@H]1[C@@H]2CC[C@@H]([C@H]3C[C@H]32)[C@@H]1C(=O)O. The number of carboxylic acids is 1. The lowest BCUT2D eigenvalue weighted by molar-refractivity contribution is -0.149. The Kier molecular flexibility index (Phi) is 1.36. The molecule has 0 saturated heterocycles. The minimum absolute atomic E-state index is 0.0556. The molecule has 0 unspecified atom stereocenters. The number of nitrogens with two attached hydrogens (primary N) is 1. The van der Waals surface area contributed by atoms with Gasteiger partial charge in [-0.05, 0) is 42.9 Å². The maximum absolute atomic E-state index is 11.0. The molecule has 3 heteroatoms. The molecular formula is C10H15NO2. The van der Waals surface area contributed by atoms with Crippen molar-refractivity contribution < 1.29 is 9.90 Å². The third-order valence-electron chi connectivity index (χ3n) is 4.48. The topological polar surface area (TPSA) is 63.3 Å². The van der Waals surface area contributed by atoms with Crippen LogP contribution < -0.4 is 5.73 Å². The van der Waals surface area contributed by atoms with Gasteiger partial charge in [0.15, 0.2) is 0 Å². The molecule has 2 bridgehead atoms. The van der Waals surface area contributed by atoms with Crippen molar-refractivity contribution in [1.82, 2.24) is 0 Å². The van der Waals surface area contributed by atoms with Crippen molar-refractivity contribution in [1.29, 1.82) is 0 Å². The smallest absolute Gasteiger partial charge is 0.308 e. The maximum atomic E-state index is 11.0. The Morgan fingerprint density at radius 1 is 1.15 bits per heavy atom. The molecule has 72 valence electrons. The summed E-state index contributed by atoms with van der Waals surface area (Å²) in [7, 11) is 0. The quantitative estimate of drug-likeness (QED) is 0.625. The van der Waals surface area contributed by atoms with Gasteiger partial charge in [-0.3, -0.25) is 4.79 Å². The fourth-order valence-electron chi connectivity index (χ4n) is 3.86. The number of hydrogen-bond donors (Lipinski definition) is 2. The molecule has 0 aromatic rings. The molecular weight excluding hydrogens is 166 g/mol. The minimum Gasteiger partial charge on any atom is -0.481 e. The van der Waals surface area contributed by atoms with E-state index >= 15 is 0 Å². The van der Waals surface area contributed by atoms with E-state index in [2.05, 4.69) is 0 Å². The standard InChI is InChI=1S/C10H15NO2/c11-9-5-2-1-4(6-3-7(5)6)8(9)10(12)13/h4-9H,1-3,11H2,(H,12,13)/t4-,5+,6+,7-,8-,9+/m0/s1. The molecule has 4 aliphatic carbocycles. The molecule has 4 saturated carbocycles. The number of carboxylic acid groups (broad SMARTS) is 1. The van der Waals surface area contributed by atoms with Crippen LogP contribution in [0.25, 0.3) is 0 Å². The molecule has 4 rings (SSSR count). The normalized spacial score (nSPS) is 57.3. The fourth-order valence-corrected chi connectivity index (χ4v) is 3.86. The summed E-state index contributed by atoms with van der Waals surface area (Å²) in [6.07, 6.45) is 3.54. The van der Waals surface area contributed by atoms with Gasteiger partial charge in [0.25, 0.3) is 0 Å². The summed E-state index contributed by atoms with van der Waals surface area (Å²) in [5.41, 5.74) is 6.00. The lowest BCUT2D eigenvalue weighted by Crippen LogP contribution is -2.53. The van der Waals surface area contributed by atoms with Crippen LogP contribution in [0, 0.1) is 29.6 Å². The van der Waals surface area contributed by atoms with Crippen molar-refractivity contribution in [3.63, 3.8) is 0 Å². The molecule has 3 nitrogen and oxygen atoms in total. The summed E-state index contributed by atoms with van der Waals surface area (Å²) in [5, 5.41) is 9.09. The van der Waals surface area contributed by atoms with Crippen LogP contribution in [-0.2, 0) is 4.79 Å². The molecule has 0 aliphatic heterocycles. The highest BCUT2D eigenvalue weighted by atomic mass is 16.4. The van der Waals surface area contributed by atoms with E-state index in [4.69, 9.17) is 10.8 Å². The average Bonchev–Trinajstić information content (AvgIpc) is 2.83. The molecule has 4 fully saturated rings. The van der Waals surface area contributed by atoms with Crippen LogP contribution >= 0.6 is 0 Å². The van der Waals surface area contributed by atoms with E-state index in [1.807, 2.05) is 0 Å². The molecule has 6 atom stereocenters. The van der Waals surface area contributed by atoms with Crippen LogP contribution in [0.3, 0.4) is 0 Å². The summed E-state index contributed by atoms with van der Waals surface area (Å²) in [5.74, 6) is 1.55. The van der Waals surface area contributed by atoms with Gasteiger partial charge in [-0.2, -0.15) is 0 Å². The molecule has 4 aliphatic rings. The zero-order valence-electron chi connectivity index (χ0n) is 7.52. The molecule has 0 amide bonds. The van der Waals surface area contributed by atoms with Crippen LogP contribution in [0.1, 0.15) is 19.3 Å². The van der Waals surface area contributed by atoms with Crippen molar-refractivity contribution in [2.45, 2.75) is 25.3 Å². The number of aliphatic carboxylic acids is 1. The average molecular weight is 181 g/mol. The highest BCUT2D eigenvalue weighted by Crippen LogP contribution is 2.63. The number of fused-ring (bicyclic) bond motifs is 2. The van der Waals surface area contributed by atoms with E-state index < -0.39 is 5.97 Å². The predicted octanol–water partition coefficient (Wildman–Crippen LogP) is 0.690. The zero-order chi connectivity index (χ0) is 9.16. The minimum atomic E-state index is -0.660. The summed E-state index contributed by atoms with van der Waals surface area (Å²) < 4.78 is 0. The second-order valence-corrected chi connectivity index (χ2v) is 4.91. The van der Waals surface area contributed by atoms with Gasteiger partial charge in [-0.25, -0.2) is 0 Å². The Labute approximate surface area is 77.3 Å². The summed E-state index contributed by atoms with van der Waals surface area (Å²) >= 11 is 0. The van der Waals surface area contributed by atoms with Gasteiger partial charge in [-0.1, -0.05) is 0 Å². The van der Waals surface area contributed by atoms with E-state index in [9.17, 15) is 4.79 Å². The Balaban J connectivity index is 1.93. The van der Waals surface area contributed by atoms with Crippen molar-refractivity contribution in [2.75, 3.05) is 0 Å². The van der Waals surface area contributed by atoms with Crippen LogP contribution in [0.15, 0.2) is 0 Å².